The number of alkyl halides is 4. The highest BCUT2D eigenvalue weighted by molar-refractivity contribution is 9.09. The first-order chi connectivity index (χ1) is 7.47. The molecule has 0 saturated carbocycles. The van der Waals surface area contributed by atoms with E-state index in [1.807, 2.05) is 13.8 Å². The van der Waals surface area contributed by atoms with E-state index in [2.05, 4.69) is 20.7 Å². The van der Waals surface area contributed by atoms with Crippen molar-refractivity contribution < 1.29 is 21.6 Å². The van der Waals surface area contributed by atoms with Crippen molar-refractivity contribution in [3.8, 4) is 0 Å². The molecule has 0 atom stereocenters. The monoisotopic (exact) mass is 339 g/mol. The average molecular weight is 340 g/mol. The highest BCUT2D eigenvalue weighted by Gasteiger charge is 2.27. The van der Waals surface area contributed by atoms with Crippen LogP contribution in [0.1, 0.15) is 26.7 Å². The predicted molar refractivity (Wildman–Crippen MR) is 64.7 cm³/mol. The molecule has 104 valence electrons. The maximum Gasteiger partial charge on any atom is 0.389 e. The van der Waals surface area contributed by atoms with Gasteiger partial charge in [0.15, 0.2) is 0 Å². The molecule has 0 aliphatic carbocycles. The van der Waals surface area contributed by atoms with Crippen molar-refractivity contribution in [2.75, 3.05) is 17.6 Å². The lowest BCUT2D eigenvalue weighted by Gasteiger charge is -2.21. The third kappa shape index (κ3) is 9.84. The van der Waals surface area contributed by atoms with Gasteiger partial charge in [-0.25, -0.2) is 13.1 Å². The maximum absolute atomic E-state index is 11.8. The zero-order valence-corrected chi connectivity index (χ0v) is 12.2. The lowest BCUT2D eigenvalue weighted by atomic mass is 9.98. The summed E-state index contributed by atoms with van der Waals surface area (Å²) in [5, 5.41) is 0.602. The molecule has 0 saturated heterocycles. The Kier molecular flexibility index (Phi) is 6.44. The highest BCUT2D eigenvalue weighted by atomic mass is 79.9. The topological polar surface area (TPSA) is 46.2 Å². The molecule has 17 heavy (non-hydrogen) atoms. The summed E-state index contributed by atoms with van der Waals surface area (Å²) >= 11 is 3.23. The van der Waals surface area contributed by atoms with Crippen LogP contribution in [0.4, 0.5) is 13.2 Å². The van der Waals surface area contributed by atoms with Crippen LogP contribution in [0.15, 0.2) is 0 Å². The van der Waals surface area contributed by atoms with Crippen molar-refractivity contribution in [2.24, 2.45) is 5.41 Å². The SMILES string of the molecule is CC(C)(CBr)CNS(=O)(=O)CCCC(F)(F)F. The standard InChI is InChI=1S/C9H17BrF3NO2S/c1-8(2,6-10)7-14-17(15,16)5-3-4-9(11,12)13/h14H,3-7H2,1-2H3. The first-order valence-electron chi connectivity index (χ1n) is 5.07. The van der Waals surface area contributed by atoms with Gasteiger partial charge in [0, 0.05) is 18.3 Å². The molecule has 0 aromatic heterocycles. The molecule has 3 nitrogen and oxygen atoms in total. The maximum atomic E-state index is 11.8. The molecule has 0 aliphatic rings. The fraction of sp³-hybridized carbons (Fsp3) is 1.00. The van der Waals surface area contributed by atoms with E-state index in [1.165, 1.54) is 0 Å². The second-order valence-electron chi connectivity index (χ2n) is 4.66. The summed E-state index contributed by atoms with van der Waals surface area (Å²) in [6.07, 6.45) is -5.78. The van der Waals surface area contributed by atoms with Gasteiger partial charge in [-0.3, -0.25) is 0 Å². The number of hydrogen-bond acceptors (Lipinski definition) is 2. The Labute approximate surface area is 108 Å². The van der Waals surface area contributed by atoms with Crippen LogP contribution in [0.25, 0.3) is 0 Å². The lowest BCUT2D eigenvalue weighted by molar-refractivity contribution is -0.134. The van der Waals surface area contributed by atoms with Crippen LogP contribution in [0.2, 0.25) is 0 Å². The quantitative estimate of drug-likeness (QED) is 0.725. The molecule has 1 N–H and O–H groups in total. The fourth-order valence-corrected chi connectivity index (χ4v) is 2.36. The number of halogens is 4. The summed E-state index contributed by atoms with van der Waals surface area (Å²) in [7, 11) is -3.62. The molecule has 0 aromatic carbocycles. The minimum atomic E-state index is -4.30. The van der Waals surface area contributed by atoms with Gasteiger partial charge < -0.3 is 0 Å². The largest absolute Gasteiger partial charge is 0.389 e. The van der Waals surface area contributed by atoms with Crippen LogP contribution >= 0.6 is 15.9 Å². The van der Waals surface area contributed by atoms with Crippen LogP contribution in [0, 0.1) is 5.41 Å². The Morgan fingerprint density at radius 3 is 2.18 bits per heavy atom. The Morgan fingerprint density at radius 2 is 1.76 bits per heavy atom. The zero-order valence-electron chi connectivity index (χ0n) is 9.77. The van der Waals surface area contributed by atoms with E-state index < -0.39 is 34.8 Å². The molecule has 0 amide bonds. The van der Waals surface area contributed by atoms with Crippen LogP contribution in [-0.2, 0) is 10.0 Å². The average Bonchev–Trinajstić information content (AvgIpc) is 2.13. The molecule has 0 spiro atoms. The van der Waals surface area contributed by atoms with Crippen LogP contribution < -0.4 is 4.72 Å². The molecular weight excluding hydrogens is 323 g/mol. The number of hydrogen-bond donors (Lipinski definition) is 1. The third-order valence-corrected chi connectivity index (χ3v) is 4.93. The summed E-state index contributed by atoms with van der Waals surface area (Å²) in [6, 6.07) is 0. The van der Waals surface area contributed by atoms with Crippen LogP contribution in [-0.4, -0.2) is 32.2 Å². The van der Waals surface area contributed by atoms with Crippen molar-refractivity contribution in [1.82, 2.24) is 4.72 Å². The first kappa shape index (κ1) is 17.2. The number of rotatable bonds is 7. The van der Waals surface area contributed by atoms with Gasteiger partial charge in [0.05, 0.1) is 5.75 Å². The smallest absolute Gasteiger partial charge is 0.215 e. The highest BCUT2D eigenvalue weighted by Crippen LogP contribution is 2.21. The Hall–Kier alpha value is 0.180. The van der Waals surface area contributed by atoms with E-state index in [0.29, 0.717) is 5.33 Å². The van der Waals surface area contributed by atoms with E-state index in [0.717, 1.165) is 0 Å². The molecule has 0 fully saturated rings. The molecule has 0 radical (unpaired) electrons. The summed E-state index contributed by atoms with van der Waals surface area (Å²) < 4.78 is 60.6. The molecule has 0 unspecified atom stereocenters. The van der Waals surface area contributed by atoms with E-state index in [-0.39, 0.29) is 12.0 Å². The van der Waals surface area contributed by atoms with E-state index in [1.54, 1.807) is 0 Å². The van der Waals surface area contributed by atoms with Crippen LogP contribution in [0.3, 0.4) is 0 Å². The van der Waals surface area contributed by atoms with Gasteiger partial charge in [-0.2, -0.15) is 13.2 Å². The van der Waals surface area contributed by atoms with E-state index >= 15 is 0 Å². The summed E-state index contributed by atoms with van der Waals surface area (Å²) in [6.45, 7) is 3.90. The van der Waals surface area contributed by atoms with Crippen molar-refractivity contribution in [3.63, 3.8) is 0 Å². The second-order valence-corrected chi connectivity index (χ2v) is 7.14. The molecular formula is C9H17BrF3NO2S. The summed E-state index contributed by atoms with van der Waals surface area (Å²) in [5.74, 6) is -0.495. The minimum Gasteiger partial charge on any atom is -0.215 e. The molecule has 0 heterocycles. The lowest BCUT2D eigenvalue weighted by Crippen LogP contribution is -2.36. The summed E-state index contributed by atoms with van der Waals surface area (Å²) in [4.78, 5) is 0. The van der Waals surface area contributed by atoms with Gasteiger partial charge >= 0.3 is 6.18 Å². The van der Waals surface area contributed by atoms with Gasteiger partial charge in [-0.15, -0.1) is 0 Å². The zero-order chi connectivity index (χ0) is 13.7. The normalized spacial score (nSPS) is 14.0. The first-order valence-corrected chi connectivity index (χ1v) is 7.85. The molecule has 8 heteroatoms. The van der Waals surface area contributed by atoms with E-state index in [4.69, 9.17) is 0 Å². The van der Waals surface area contributed by atoms with Gasteiger partial charge in [0.25, 0.3) is 0 Å². The minimum absolute atomic E-state index is 0.201. The van der Waals surface area contributed by atoms with Gasteiger partial charge in [-0.05, 0) is 11.8 Å². The van der Waals surface area contributed by atoms with Crippen molar-refractivity contribution in [3.05, 3.63) is 0 Å². The van der Waals surface area contributed by atoms with Gasteiger partial charge in [-0.1, -0.05) is 29.8 Å². The van der Waals surface area contributed by atoms with Crippen LogP contribution in [0.5, 0.6) is 0 Å². The number of sulfonamides is 1. The predicted octanol–water partition coefficient (Wildman–Crippen LogP) is 2.67. The second kappa shape index (κ2) is 6.38. The molecule has 0 aromatic rings. The third-order valence-electron chi connectivity index (χ3n) is 2.01. The Balaban J connectivity index is 4.06. The number of nitrogens with one attached hydrogen (secondary N) is 1. The van der Waals surface area contributed by atoms with Crippen molar-refractivity contribution in [1.29, 1.82) is 0 Å². The van der Waals surface area contributed by atoms with E-state index in [9.17, 15) is 21.6 Å². The van der Waals surface area contributed by atoms with Gasteiger partial charge in [0.2, 0.25) is 10.0 Å². The molecule has 0 bridgehead atoms. The fourth-order valence-electron chi connectivity index (χ4n) is 0.887. The molecule has 0 rings (SSSR count). The van der Waals surface area contributed by atoms with Crippen molar-refractivity contribution in [2.45, 2.75) is 32.9 Å². The van der Waals surface area contributed by atoms with Gasteiger partial charge in [0.1, 0.15) is 0 Å². The summed E-state index contributed by atoms with van der Waals surface area (Å²) in [5.41, 5.74) is -0.267. The van der Waals surface area contributed by atoms with Crippen molar-refractivity contribution >= 4 is 26.0 Å². The Morgan fingerprint density at radius 1 is 1.24 bits per heavy atom. The Bertz CT molecular complexity index is 328. The molecule has 0 aliphatic heterocycles.